The second kappa shape index (κ2) is 8.55. The summed E-state index contributed by atoms with van der Waals surface area (Å²) in [4.78, 5) is 19.6. The molecule has 0 aromatic rings. The van der Waals surface area contributed by atoms with Gasteiger partial charge < -0.3 is 4.90 Å². The number of carbonyl (C=O) groups is 1. The lowest BCUT2D eigenvalue weighted by Gasteiger charge is -2.40. The van der Waals surface area contributed by atoms with E-state index in [4.69, 9.17) is 6.42 Å². The molecule has 0 radical (unpaired) electrons. The summed E-state index contributed by atoms with van der Waals surface area (Å²) in [5.41, 5.74) is 0. The van der Waals surface area contributed by atoms with Crippen LogP contribution in [0, 0.1) is 18.3 Å². The lowest BCUT2D eigenvalue weighted by atomic mass is 10.0. The Bertz CT molecular complexity index is 394. The van der Waals surface area contributed by atoms with Crippen LogP contribution in [0.3, 0.4) is 0 Å². The largest absolute Gasteiger partial charge is 0.339 e. The van der Waals surface area contributed by atoms with Crippen molar-refractivity contribution in [1.82, 2.24) is 14.7 Å². The van der Waals surface area contributed by atoms with Gasteiger partial charge in [-0.25, -0.2) is 0 Å². The highest BCUT2D eigenvalue weighted by molar-refractivity contribution is 5.82. The van der Waals surface area contributed by atoms with Gasteiger partial charge >= 0.3 is 0 Å². The number of carbonyl (C=O) groups excluding carboxylic acids is 1. The standard InChI is InChI=1S/C18H31N3O/c1-4-9-20-10-6-5-7-17(20)18(22)21-14-12-19(13-15-21)11-8-16(2)3/h1,16-17H,5-15H2,2-3H3. The van der Waals surface area contributed by atoms with Crippen LogP contribution in [0.4, 0.5) is 0 Å². The number of hydrogen-bond acceptors (Lipinski definition) is 3. The van der Waals surface area contributed by atoms with Crippen molar-refractivity contribution in [1.29, 1.82) is 0 Å². The lowest BCUT2D eigenvalue weighted by Crippen LogP contribution is -2.56. The van der Waals surface area contributed by atoms with Gasteiger partial charge in [-0.2, -0.15) is 0 Å². The van der Waals surface area contributed by atoms with Gasteiger partial charge in [-0.1, -0.05) is 26.2 Å². The van der Waals surface area contributed by atoms with Crippen LogP contribution in [0.25, 0.3) is 0 Å². The summed E-state index contributed by atoms with van der Waals surface area (Å²) in [5, 5.41) is 0. The number of hydrogen-bond donors (Lipinski definition) is 0. The second-order valence-corrected chi connectivity index (χ2v) is 7.04. The molecule has 4 heteroatoms. The van der Waals surface area contributed by atoms with Crippen LogP contribution in [0.5, 0.6) is 0 Å². The molecule has 1 unspecified atom stereocenters. The quantitative estimate of drug-likeness (QED) is 0.723. The maximum atomic E-state index is 12.8. The average molecular weight is 305 g/mol. The van der Waals surface area contributed by atoms with Crippen LogP contribution in [0.2, 0.25) is 0 Å². The molecule has 2 aliphatic rings. The topological polar surface area (TPSA) is 26.8 Å². The summed E-state index contributed by atoms with van der Waals surface area (Å²) in [5.74, 6) is 3.76. The molecular formula is C18H31N3O. The van der Waals surface area contributed by atoms with Crippen molar-refractivity contribution >= 4 is 5.91 Å². The molecule has 22 heavy (non-hydrogen) atoms. The molecule has 2 saturated heterocycles. The van der Waals surface area contributed by atoms with Gasteiger partial charge in [0.15, 0.2) is 0 Å². The Morgan fingerprint density at radius 3 is 2.55 bits per heavy atom. The highest BCUT2D eigenvalue weighted by Crippen LogP contribution is 2.19. The van der Waals surface area contributed by atoms with E-state index < -0.39 is 0 Å². The molecule has 2 aliphatic heterocycles. The molecule has 0 N–H and O–H groups in total. The van der Waals surface area contributed by atoms with Gasteiger partial charge in [0.1, 0.15) is 0 Å². The summed E-state index contributed by atoms with van der Waals surface area (Å²) in [6.45, 7) is 11.0. The number of piperidine rings is 1. The van der Waals surface area contributed by atoms with Crippen LogP contribution >= 0.6 is 0 Å². The molecule has 0 aliphatic carbocycles. The SMILES string of the molecule is C#CCN1CCCCC1C(=O)N1CCN(CCC(C)C)CC1. The van der Waals surface area contributed by atoms with E-state index in [0.717, 1.165) is 64.4 Å². The average Bonchev–Trinajstić information content (AvgIpc) is 2.53. The molecule has 0 spiro atoms. The minimum Gasteiger partial charge on any atom is -0.339 e. The first-order chi connectivity index (χ1) is 10.6. The first kappa shape index (κ1) is 17.3. The molecule has 2 fully saturated rings. The van der Waals surface area contributed by atoms with Crippen molar-refractivity contribution in [2.45, 2.75) is 45.6 Å². The fourth-order valence-electron chi connectivity index (χ4n) is 3.42. The molecule has 1 atom stereocenters. The molecule has 0 bridgehead atoms. The Labute approximate surface area is 135 Å². The van der Waals surface area contributed by atoms with Crippen molar-refractivity contribution in [3.63, 3.8) is 0 Å². The van der Waals surface area contributed by atoms with Crippen molar-refractivity contribution in [3.8, 4) is 12.3 Å². The number of piperazine rings is 1. The van der Waals surface area contributed by atoms with E-state index in [2.05, 4.69) is 34.5 Å². The molecule has 0 aromatic carbocycles. The first-order valence-corrected chi connectivity index (χ1v) is 8.80. The van der Waals surface area contributed by atoms with Gasteiger partial charge in [-0.05, 0) is 38.3 Å². The predicted octanol–water partition coefficient (Wildman–Crippen LogP) is 1.66. The molecular weight excluding hydrogens is 274 g/mol. The lowest BCUT2D eigenvalue weighted by molar-refractivity contribution is -0.139. The molecule has 2 heterocycles. The fourth-order valence-corrected chi connectivity index (χ4v) is 3.42. The molecule has 2 rings (SSSR count). The zero-order valence-electron chi connectivity index (χ0n) is 14.3. The maximum absolute atomic E-state index is 12.8. The number of likely N-dealkylation sites (tertiary alicyclic amines) is 1. The Morgan fingerprint density at radius 1 is 1.18 bits per heavy atom. The number of nitrogens with zero attached hydrogens (tertiary/aromatic N) is 3. The highest BCUT2D eigenvalue weighted by Gasteiger charge is 2.32. The van der Waals surface area contributed by atoms with Gasteiger partial charge in [-0.3, -0.25) is 14.6 Å². The molecule has 0 saturated carbocycles. The second-order valence-electron chi connectivity index (χ2n) is 7.04. The van der Waals surface area contributed by atoms with Crippen LogP contribution in [-0.4, -0.2) is 72.5 Å². The molecule has 4 nitrogen and oxygen atoms in total. The van der Waals surface area contributed by atoms with Crippen molar-refractivity contribution < 1.29 is 4.79 Å². The Balaban J connectivity index is 1.82. The van der Waals surface area contributed by atoms with Crippen LogP contribution in [0.1, 0.15) is 39.5 Å². The minimum absolute atomic E-state index is 0.0204. The Kier molecular flexibility index (Phi) is 6.72. The Hall–Kier alpha value is -1.05. The summed E-state index contributed by atoms with van der Waals surface area (Å²) >= 11 is 0. The molecule has 1 amide bonds. The fraction of sp³-hybridized carbons (Fsp3) is 0.833. The van der Waals surface area contributed by atoms with E-state index in [1.165, 1.54) is 6.42 Å². The first-order valence-electron chi connectivity index (χ1n) is 8.80. The van der Waals surface area contributed by atoms with Gasteiger partial charge in [0, 0.05) is 26.2 Å². The summed E-state index contributed by atoms with van der Waals surface area (Å²) < 4.78 is 0. The summed E-state index contributed by atoms with van der Waals surface area (Å²) in [6.07, 6.45) is 9.97. The van der Waals surface area contributed by atoms with E-state index in [0.29, 0.717) is 12.5 Å². The zero-order chi connectivity index (χ0) is 15.9. The predicted molar refractivity (Wildman–Crippen MR) is 90.5 cm³/mol. The van der Waals surface area contributed by atoms with Crippen LogP contribution < -0.4 is 0 Å². The third-order valence-electron chi connectivity index (χ3n) is 4.90. The highest BCUT2D eigenvalue weighted by atomic mass is 16.2. The van der Waals surface area contributed by atoms with Crippen molar-refractivity contribution in [2.75, 3.05) is 45.8 Å². The van der Waals surface area contributed by atoms with Gasteiger partial charge in [0.2, 0.25) is 5.91 Å². The van der Waals surface area contributed by atoms with E-state index in [1.54, 1.807) is 0 Å². The zero-order valence-corrected chi connectivity index (χ0v) is 14.3. The van der Waals surface area contributed by atoms with E-state index >= 15 is 0 Å². The third-order valence-corrected chi connectivity index (χ3v) is 4.90. The van der Waals surface area contributed by atoms with E-state index in [1.807, 2.05) is 0 Å². The third kappa shape index (κ3) is 4.72. The minimum atomic E-state index is 0.0204. The Morgan fingerprint density at radius 2 is 1.91 bits per heavy atom. The van der Waals surface area contributed by atoms with Crippen LogP contribution in [0.15, 0.2) is 0 Å². The van der Waals surface area contributed by atoms with Gasteiger partial charge in [0.25, 0.3) is 0 Å². The van der Waals surface area contributed by atoms with Crippen LogP contribution in [-0.2, 0) is 4.79 Å². The number of amides is 1. The number of rotatable bonds is 5. The van der Waals surface area contributed by atoms with Gasteiger partial charge in [0.05, 0.1) is 12.6 Å². The van der Waals surface area contributed by atoms with Crippen molar-refractivity contribution in [2.24, 2.45) is 5.92 Å². The smallest absolute Gasteiger partial charge is 0.240 e. The summed E-state index contributed by atoms with van der Waals surface area (Å²) in [7, 11) is 0. The normalized spacial score (nSPS) is 24.5. The number of terminal acetylenes is 1. The summed E-state index contributed by atoms with van der Waals surface area (Å²) in [6, 6.07) is 0.0204. The van der Waals surface area contributed by atoms with E-state index in [9.17, 15) is 4.79 Å². The van der Waals surface area contributed by atoms with Crippen molar-refractivity contribution in [3.05, 3.63) is 0 Å². The van der Waals surface area contributed by atoms with E-state index in [-0.39, 0.29) is 6.04 Å². The van der Waals surface area contributed by atoms with Gasteiger partial charge in [-0.15, -0.1) is 6.42 Å². The molecule has 124 valence electrons. The molecule has 0 aromatic heterocycles. The monoisotopic (exact) mass is 305 g/mol. The maximum Gasteiger partial charge on any atom is 0.240 e.